The van der Waals surface area contributed by atoms with Crippen molar-refractivity contribution >= 4 is 11.6 Å². The molecule has 0 amide bonds. The molecular formula is C13H16N4. The van der Waals surface area contributed by atoms with Gasteiger partial charge in [0, 0.05) is 6.54 Å². The largest absolute Gasteiger partial charge is 0.382 e. The molecule has 0 aliphatic rings. The van der Waals surface area contributed by atoms with E-state index in [0.29, 0.717) is 11.7 Å². The zero-order chi connectivity index (χ0) is 12.1. The summed E-state index contributed by atoms with van der Waals surface area (Å²) in [6.45, 7) is 3.00. The highest BCUT2D eigenvalue weighted by atomic mass is 15.2. The number of benzene rings is 1. The molecule has 1 atom stereocenters. The van der Waals surface area contributed by atoms with Crippen molar-refractivity contribution in [2.45, 2.75) is 12.8 Å². The van der Waals surface area contributed by atoms with Crippen LogP contribution in [0.5, 0.6) is 0 Å². The van der Waals surface area contributed by atoms with Gasteiger partial charge in [-0.15, -0.1) is 10.2 Å². The maximum absolute atomic E-state index is 5.47. The van der Waals surface area contributed by atoms with Crippen molar-refractivity contribution in [2.24, 2.45) is 0 Å². The Balaban J connectivity index is 1.92. The maximum Gasteiger partial charge on any atom is 0.148 e. The minimum atomic E-state index is 0.426. The Morgan fingerprint density at radius 1 is 1.12 bits per heavy atom. The fraction of sp³-hybridized carbons (Fsp3) is 0.231. The second-order valence-electron chi connectivity index (χ2n) is 4.04. The van der Waals surface area contributed by atoms with Crippen LogP contribution in [0.15, 0.2) is 42.5 Å². The van der Waals surface area contributed by atoms with Crippen molar-refractivity contribution in [1.82, 2.24) is 10.2 Å². The molecule has 1 aromatic heterocycles. The molecule has 1 aromatic carbocycles. The molecule has 1 unspecified atom stereocenters. The fourth-order valence-electron chi connectivity index (χ4n) is 1.59. The van der Waals surface area contributed by atoms with Gasteiger partial charge < -0.3 is 11.1 Å². The Morgan fingerprint density at radius 2 is 1.88 bits per heavy atom. The lowest BCUT2D eigenvalue weighted by Gasteiger charge is -2.12. The van der Waals surface area contributed by atoms with Crippen LogP contribution in [0.25, 0.3) is 0 Å². The monoisotopic (exact) mass is 228 g/mol. The molecule has 2 aromatic rings. The van der Waals surface area contributed by atoms with Crippen molar-refractivity contribution in [2.75, 3.05) is 17.6 Å². The molecule has 88 valence electrons. The molecule has 0 fully saturated rings. The van der Waals surface area contributed by atoms with Crippen LogP contribution in [0.2, 0.25) is 0 Å². The molecule has 0 aliphatic heterocycles. The molecule has 2 rings (SSSR count). The molecule has 3 N–H and O–H groups in total. The van der Waals surface area contributed by atoms with E-state index in [1.807, 2.05) is 12.1 Å². The summed E-state index contributed by atoms with van der Waals surface area (Å²) in [5.74, 6) is 1.61. The van der Waals surface area contributed by atoms with E-state index in [4.69, 9.17) is 5.73 Å². The summed E-state index contributed by atoms with van der Waals surface area (Å²) < 4.78 is 0. The first kappa shape index (κ1) is 11.4. The van der Waals surface area contributed by atoms with E-state index in [-0.39, 0.29) is 0 Å². The Hall–Kier alpha value is -2.10. The van der Waals surface area contributed by atoms with Crippen LogP contribution in [-0.2, 0) is 0 Å². The van der Waals surface area contributed by atoms with E-state index < -0.39 is 0 Å². The number of nitrogens with one attached hydrogen (secondary N) is 1. The van der Waals surface area contributed by atoms with Gasteiger partial charge in [0.25, 0.3) is 0 Å². The van der Waals surface area contributed by atoms with Crippen LogP contribution >= 0.6 is 0 Å². The number of hydrogen-bond donors (Lipinski definition) is 2. The van der Waals surface area contributed by atoms with Crippen molar-refractivity contribution in [3.63, 3.8) is 0 Å². The molecule has 0 bridgehead atoms. The van der Waals surface area contributed by atoms with Gasteiger partial charge in [0.15, 0.2) is 0 Å². The van der Waals surface area contributed by atoms with Gasteiger partial charge in [-0.2, -0.15) is 0 Å². The predicted molar refractivity (Wildman–Crippen MR) is 69.8 cm³/mol. The van der Waals surface area contributed by atoms with Crippen LogP contribution in [0.1, 0.15) is 18.4 Å². The quantitative estimate of drug-likeness (QED) is 0.842. The normalized spacial score (nSPS) is 12.1. The Bertz CT molecular complexity index is 453. The van der Waals surface area contributed by atoms with Gasteiger partial charge in [-0.1, -0.05) is 37.3 Å². The summed E-state index contributed by atoms with van der Waals surface area (Å²) >= 11 is 0. The molecule has 4 nitrogen and oxygen atoms in total. The van der Waals surface area contributed by atoms with E-state index in [1.54, 1.807) is 6.07 Å². The summed E-state index contributed by atoms with van der Waals surface area (Å²) in [7, 11) is 0. The highest BCUT2D eigenvalue weighted by molar-refractivity contribution is 5.38. The molecule has 0 saturated carbocycles. The van der Waals surface area contributed by atoms with Crippen molar-refractivity contribution in [1.29, 1.82) is 0 Å². The highest BCUT2D eigenvalue weighted by Gasteiger charge is 2.04. The summed E-state index contributed by atoms with van der Waals surface area (Å²) in [6, 6.07) is 13.9. The van der Waals surface area contributed by atoms with E-state index in [1.165, 1.54) is 5.56 Å². The molecule has 0 aliphatic carbocycles. The lowest BCUT2D eigenvalue weighted by atomic mass is 10.0. The number of nitrogens with two attached hydrogens (primary N) is 1. The average molecular weight is 228 g/mol. The smallest absolute Gasteiger partial charge is 0.148 e. The SMILES string of the molecule is CC(CNc1ccc(N)nn1)c1ccccc1. The summed E-state index contributed by atoms with van der Waals surface area (Å²) in [5.41, 5.74) is 6.78. The minimum Gasteiger partial charge on any atom is -0.382 e. The number of aromatic nitrogens is 2. The first-order valence-corrected chi connectivity index (χ1v) is 5.64. The average Bonchev–Trinajstić information content (AvgIpc) is 2.39. The van der Waals surface area contributed by atoms with E-state index >= 15 is 0 Å². The lowest BCUT2D eigenvalue weighted by molar-refractivity contribution is 0.798. The van der Waals surface area contributed by atoms with Crippen LogP contribution in [0, 0.1) is 0 Å². The van der Waals surface area contributed by atoms with Crippen LogP contribution < -0.4 is 11.1 Å². The van der Waals surface area contributed by atoms with E-state index in [9.17, 15) is 0 Å². The van der Waals surface area contributed by atoms with Gasteiger partial charge in [0.2, 0.25) is 0 Å². The number of hydrogen-bond acceptors (Lipinski definition) is 4. The fourth-order valence-corrected chi connectivity index (χ4v) is 1.59. The van der Waals surface area contributed by atoms with E-state index in [0.717, 1.165) is 12.4 Å². The summed E-state index contributed by atoms with van der Waals surface area (Å²) in [4.78, 5) is 0. The molecule has 4 heteroatoms. The van der Waals surface area contributed by atoms with Gasteiger partial charge in [-0.3, -0.25) is 0 Å². The number of rotatable bonds is 4. The summed E-state index contributed by atoms with van der Waals surface area (Å²) in [6.07, 6.45) is 0. The van der Waals surface area contributed by atoms with Gasteiger partial charge in [0.05, 0.1) is 0 Å². The third-order valence-electron chi connectivity index (χ3n) is 2.64. The molecule has 0 radical (unpaired) electrons. The lowest BCUT2D eigenvalue weighted by Crippen LogP contribution is -2.11. The summed E-state index contributed by atoms with van der Waals surface area (Å²) in [5, 5.41) is 11.0. The molecular weight excluding hydrogens is 212 g/mol. The molecule has 0 saturated heterocycles. The van der Waals surface area contributed by atoms with Gasteiger partial charge >= 0.3 is 0 Å². The van der Waals surface area contributed by atoms with Gasteiger partial charge in [-0.25, -0.2) is 0 Å². The molecule has 0 spiro atoms. The predicted octanol–water partition coefficient (Wildman–Crippen LogP) is 2.27. The van der Waals surface area contributed by atoms with E-state index in [2.05, 4.69) is 46.7 Å². The zero-order valence-electron chi connectivity index (χ0n) is 9.80. The number of nitrogen functional groups attached to an aromatic ring is 1. The Morgan fingerprint density at radius 3 is 2.53 bits per heavy atom. The van der Waals surface area contributed by atoms with Crippen molar-refractivity contribution < 1.29 is 0 Å². The Labute approximate surface area is 101 Å². The molecule has 17 heavy (non-hydrogen) atoms. The zero-order valence-corrected chi connectivity index (χ0v) is 9.80. The van der Waals surface area contributed by atoms with Crippen LogP contribution in [0.4, 0.5) is 11.6 Å². The third-order valence-corrected chi connectivity index (χ3v) is 2.64. The van der Waals surface area contributed by atoms with Gasteiger partial charge in [-0.05, 0) is 23.6 Å². The standard InChI is InChI=1S/C13H16N4/c1-10(11-5-3-2-4-6-11)9-15-13-8-7-12(14)16-17-13/h2-8,10H,9H2,1H3,(H2,14,16)(H,15,17). The topological polar surface area (TPSA) is 63.8 Å². The van der Waals surface area contributed by atoms with Gasteiger partial charge in [0.1, 0.15) is 11.6 Å². The highest BCUT2D eigenvalue weighted by Crippen LogP contribution is 2.15. The number of nitrogens with zero attached hydrogens (tertiary/aromatic N) is 2. The first-order chi connectivity index (χ1) is 8.25. The minimum absolute atomic E-state index is 0.426. The maximum atomic E-state index is 5.47. The van der Waals surface area contributed by atoms with Crippen LogP contribution in [0.3, 0.4) is 0 Å². The second kappa shape index (κ2) is 5.30. The van der Waals surface area contributed by atoms with Crippen molar-refractivity contribution in [3.8, 4) is 0 Å². The second-order valence-corrected chi connectivity index (χ2v) is 4.04. The third kappa shape index (κ3) is 3.17. The van der Waals surface area contributed by atoms with Crippen molar-refractivity contribution in [3.05, 3.63) is 48.0 Å². The van der Waals surface area contributed by atoms with Crippen LogP contribution in [-0.4, -0.2) is 16.7 Å². The molecule has 1 heterocycles. The Kier molecular flexibility index (Phi) is 3.55. The number of anilines is 2. The first-order valence-electron chi connectivity index (χ1n) is 5.64.